The summed E-state index contributed by atoms with van der Waals surface area (Å²) < 4.78 is 16.0. The summed E-state index contributed by atoms with van der Waals surface area (Å²) in [5, 5.41) is 13.1. The monoisotopic (exact) mass is 451 g/mol. The molecule has 1 saturated heterocycles. The number of benzene rings is 2. The van der Waals surface area contributed by atoms with Gasteiger partial charge in [-0.25, -0.2) is 0 Å². The van der Waals surface area contributed by atoms with Gasteiger partial charge in [0.1, 0.15) is 17.6 Å². The van der Waals surface area contributed by atoms with Crippen molar-refractivity contribution in [3.05, 3.63) is 76.0 Å². The van der Waals surface area contributed by atoms with Gasteiger partial charge in [0.05, 0.1) is 32.6 Å². The highest BCUT2D eigenvalue weighted by atomic mass is 32.1. The van der Waals surface area contributed by atoms with Crippen molar-refractivity contribution < 1.29 is 28.9 Å². The van der Waals surface area contributed by atoms with E-state index in [1.165, 1.54) is 37.6 Å². The second-order valence-electron chi connectivity index (χ2n) is 6.93. The fourth-order valence-electron chi connectivity index (χ4n) is 3.76. The molecule has 0 bridgehead atoms. The van der Waals surface area contributed by atoms with E-state index in [4.69, 9.17) is 14.2 Å². The van der Waals surface area contributed by atoms with E-state index in [2.05, 4.69) is 0 Å². The molecule has 1 N–H and O–H groups in total. The van der Waals surface area contributed by atoms with Gasteiger partial charge >= 0.3 is 0 Å². The van der Waals surface area contributed by atoms with Gasteiger partial charge < -0.3 is 19.3 Å². The number of ether oxygens (including phenoxy) is 3. The number of nitrogens with zero attached hydrogens (tertiary/aromatic N) is 1. The average Bonchev–Trinajstić information content (AvgIpc) is 3.45. The molecular formula is C24H21NO6S. The smallest absolute Gasteiger partial charge is 0.300 e. The third-order valence-corrected chi connectivity index (χ3v) is 6.18. The molecule has 164 valence electrons. The summed E-state index contributed by atoms with van der Waals surface area (Å²) in [7, 11) is 4.49. The van der Waals surface area contributed by atoms with Gasteiger partial charge in [-0.3, -0.25) is 14.5 Å². The molecular weight excluding hydrogens is 430 g/mol. The van der Waals surface area contributed by atoms with Crippen LogP contribution in [0.5, 0.6) is 17.2 Å². The number of amides is 1. The van der Waals surface area contributed by atoms with Crippen LogP contribution in [0.15, 0.2) is 65.6 Å². The van der Waals surface area contributed by atoms with E-state index < -0.39 is 17.7 Å². The maximum Gasteiger partial charge on any atom is 0.300 e. The van der Waals surface area contributed by atoms with E-state index in [0.717, 1.165) is 4.88 Å². The number of carbonyl (C=O) groups is 2. The zero-order chi connectivity index (χ0) is 22.8. The highest BCUT2D eigenvalue weighted by Gasteiger charge is 2.48. The van der Waals surface area contributed by atoms with Crippen LogP contribution in [0.2, 0.25) is 0 Å². The number of carbonyl (C=O) groups excluding carboxylic acids is 2. The number of hydrogen-bond donors (Lipinski definition) is 1. The molecule has 0 radical (unpaired) electrons. The van der Waals surface area contributed by atoms with Gasteiger partial charge in [0.15, 0.2) is 11.5 Å². The molecule has 3 aromatic rings. The molecule has 8 heteroatoms. The maximum atomic E-state index is 13.2. The first-order valence-electron chi connectivity index (χ1n) is 9.71. The number of aliphatic hydroxyl groups is 1. The van der Waals surface area contributed by atoms with Crippen LogP contribution >= 0.6 is 11.3 Å². The Morgan fingerprint density at radius 2 is 1.62 bits per heavy atom. The Kier molecular flexibility index (Phi) is 5.87. The van der Waals surface area contributed by atoms with E-state index in [9.17, 15) is 14.7 Å². The Labute approximate surface area is 189 Å². The van der Waals surface area contributed by atoms with Crippen molar-refractivity contribution in [1.29, 1.82) is 0 Å². The summed E-state index contributed by atoms with van der Waals surface area (Å²) in [4.78, 5) is 28.5. The molecule has 1 aromatic heterocycles. The standard InChI is InChI=1S/C24H21NO6S/c1-29-16-8-5-4-7-15(16)25-21(19-9-6-12-32-19)20(23(27)24(25)28)22(26)14-10-11-17(30-2)18(13-14)31-3/h4-13,21,26H,1-3H3/b22-20-. The molecule has 1 aliphatic rings. The number of aliphatic hydroxyl groups excluding tert-OH is 1. The van der Waals surface area contributed by atoms with Crippen molar-refractivity contribution in [1.82, 2.24) is 0 Å². The van der Waals surface area contributed by atoms with E-state index in [0.29, 0.717) is 28.5 Å². The fourth-order valence-corrected chi connectivity index (χ4v) is 4.59. The Bertz CT molecular complexity index is 1200. The van der Waals surface area contributed by atoms with E-state index in [1.807, 2.05) is 17.5 Å². The number of rotatable bonds is 6. The lowest BCUT2D eigenvalue weighted by Crippen LogP contribution is -2.29. The Balaban J connectivity index is 1.93. The van der Waals surface area contributed by atoms with Gasteiger partial charge in [-0.1, -0.05) is 18.2 Å². The van der Waals surface area contributed by atoms with Crippen molar-refractivity contribution in [2.45, 2.75) is 6.04 Å². The van der Waals surface area contributed by atoms with Gasteiger partial charge in [-0.2, -0.15) is 0 Å². The lowest BCUT2D eigenvalue weighted by atomic mass is 9.99. The van der Waals surface area contributed by atoms with Gasteiger partial charge in [0.25, 0.3) is 11.7 Å². The van der Waals surface area contributed by atoms with Crippen molar-refractivity contribution in [3.8, 4) is 17.2 Å². The first-order valence-corrected chi connectivity index (χ1v) is 10.6. The van der Waals surface area contributed by atoms with Crippen molar-refractivity contribution in [3.63, 3.8) is 0 Å². The van der Waals surface area contributed by atoms with Crippen LogP contribution < -0.4 is 19.1 Å². The molecule has 0 saturated carbocycles. The molecule has 2 heterocycles. The summed E-state index contributed by atoms with van der Waals surface area (Å²) in [5.74, 6) is -0.491. The highest BCUT2D eigenvalue weighted by Crippen LogP contribution is 2.46. The van der Waals surface area contributed by atoms with E-state index in [1.54, 1.807) is 42.5 Å². The summed E-state index contributed by atoms with van der Waals surface area (Å²) in [6.45, 7) is 0. The number of ketones is 1. The van der Waals surface area contributed by atoms with Crippen LogP contribution in [-0.2, 0) is 9.59 Å². The van der Waals surface area contributed by atoms with Crippen LogP contribution in [0.4, 0.5) is 5.69 Å². The maximum absolute atomic E-state index is 13.2. The zero-order valence-electron chi connectivity index (χ0n) is 17.7. The fraction of sp³-hybridized carbons (Fsp3) is 0.167. The van der Waals surface area contributed by atoms with E-state index in [-0.39, 0.29) is 11.3 Å². The number of anilines is 1. The predicted octanol–water partition coefficient (Wildman–Crippen LogP) is 4.40. The van der Waals surface area contributed by atoms with Crippen molar-refractivity contribution in [2.75, 3.05) is 26.2 Å². The average molecular weight is 452 g/mol. The van der Waals surface area contributed by atoms with Gasteiger partial charge in [0.2, 0.25) is 0 Å². The van der Waals surface area contributed by atoms with Crippen LogP contribution in [0.1, 0.15) is 16.5 Å². The minimum Gasteiger partial charge on any atom is -0.507 e. The summed E-state index contributed by atoms with van der Waals surface area (Å²) >= 11 is 1.39. The largest absolute Gasteiger partial charge is 0.507 e. The van der Waals surface area contributed by atoms with Gasteiger partial charge in [-0.15, -0.1) is 11.3 Å². The van der Waals surface area contributed by atoms with Crippen molar-refractivity contribution in [2.24, 2.45) is 0 Å². The molecule has 4 rings (SSSR count). The Morgan fingerprint density at radius 3 is 2.28 bits per heavy atom. The third-order valence-electron chi connectivity index (χ3n) is 5.26. The second-order valence-corrected chi connectivity index (χ2v) is 7.91. The summed E-state index contributed by atoms with van der Waals surface area (Å²) in [6.07, 6.45) is 0. The van der Waals surface area contributed by atoms with Crippen LogP contribution in [0.25, 0.3) is 5.76 Å². The number of para-hydroxylation sites is 2. The number of hydrogen-bond acceptors (Lipinski definition) is 7. The number of methoxy groups -OCH3 is 3. The summed E-state index contributed by atoms with van der Waals surface area (Å²) in [6, 6.07) is 14.6. The molecule has 1 aliphatic heterocycles. The number of Topliss-reactive ketones (excluding diaryl/α,β-unsaturated/α-hetero) is 1. The van der Waals surface area contributed by atoms with Crippen molar-refractivity contribution >= 4 is 34.5 Å². The van der Waals surface area contributed by atoms with Gasteiger partial charge in [-0.05, 0) is 41.8 Å². The van der Waals surface area contributed by atoms with Crippen LogP contribution in [0.3, 0.4) is 0 Å². The molecule has 0 aliphatic carbocycles. The molecule has 2 aromatic carbocycles. The SMILES string of the molecule is COc1ccc(/C(O)=C2/C(=O)C(=O)N(c3ccccc3OC)C2c2cccs2)cc1OC. The lowest BCUT2D eigenvalue weighted by Gasteiger charge is -2.25. The predicted molar refractivity (Wildman–Crippen MR) is 122 cm³/mol. The van der Waals surface area contributed by atoms with E-state index >= 15 is 0 Å². The minimum atomic E-state index is -0.806. The molecule has 0 spiro atoms. The molecule has 1 atom stereocenters. The lowest BCUT2D eigenvalue weighted by molar-refractivity contribution is -0.132. The molecule has 1 fully saturated rings. The third kappa shape index (κ3) is 3.48. The molecule has 1 amide bonds. The molecule has 1 unspecified atom stereocenters. The minimum absolute atomic E-state index is 0.00410. The van der Waals surface area contributed by atoms with Crippen LogP contribution in [-0.4, -0.2) is 38.1 Å². The first-order chi connectivity index (χ1) is 15.5. The van der Waals surface area contributed by atoms with Crippen LogP contribution in [0, 0.1) is 0 Å². The molecule has 32 heavy (non-hydrogen) atoms. The Morgan fingerprint density at radius 1 is 0.906 bits per heavy atom. The quantitative estimate of drug-likeness (QED) is 0.340. The topological polar surface area (TPSA) is 85.3 Å². The first kappa shape index (κ1) is 21.5. The van der Waals surface area contributed by atoms with Gasteiger partial charge in [0, 0.05) is 10.4 Å². The summed E-state index contributed by atoms with van der Waals surface area (Å²) in [5.41, 5.74) is 0.777. The normalized spacial score (nSPS) is 17.5. The number of thiophene rings is 1. The molecule has 7 nitrogen and oxygen atoms in total. The highest BCUT2D eigenvalue weighted by molar-refractivity contribution is 7.10. The second kappa shape index (κ2) is 8.76. The zero-order valence-corrected chi connectivity index (χ0v) is 18.5. The Hall–Kier alpha value is -3.78.